The number of nitrogens with zero attached hydrogens (tertiary/aromatic N) is 2. The van der Waals surface area contributed by atoms with E-state index in [-0.39, 0.29) is 0 Å². The van der Waals surface area contributed by atoms with Crippen LogP contribution in [-0.4, -0.2) is 9.97 Å². The van der Waals surface area contributed by atoms with Crippen molar-refractivity contribution in [3.8, 4) is 0 Å². The second-order valence-electron chi connectivity index (χ2n) is 5.27. The minimum atomic E-state index is 0.781. The largest absolute Gasteiger partial charge is 0.238 e. The molecular weight excluding hydrogens is 240 g/mol. The van der Waals surface area contributed by atoms with E-state index in [9.17, 15) is 0 Å². The van der Waals surface area contributed by atoms with Crippen LogP contribution in [0.3, 0.4) is 0 Å². The van der Waals surface area contributed by atoms with Gasteiger partial charge in [-0.1, -0.05) is 26.2 Å². The van der Waals surface area contributed by atoms with Crippen molar-refractivity contribution in [1.29, 1.82) is 0 Å². The first-order chi connectivity index (χ1) is 8.78. The minimum absolute atomic E-state index is 0.781. The van der Waals surface area contributed by atoms with Gasteiger partial charge in [-0.25, -0.2) is 9.97 Å². The summed E-state index contributed by atoms with van der Waals surface area (Å²) in [5.41, 5.74) is 1.22. The Balaban J connectivity index is 2.04. The lowest BCUT2D eigenvalue weighted by atomic mass is 9.88. The highest BCUT2D eigenvalue weighted by Gasteiger charge is 2.19. The summed E-state index contributed by atoms with van der Waals surface area (Å²) >= 11 is 1.90. The molecule has 1 aliphatic carbocycles. The molecule has 1 saturated carbocycles. The van der Waals surface area contributed by atoms with Gasteiger partial charge >= 0.3 is 0 Å². The number of fused-ring (bicyclic) bond motifs is 1. The first-order valence-electron chi connectivity index (χ1n) is 7.05. The van der Waals surface area contributed by atoms with E-state index in [1.54, 1.807) is 4.88 Å². The fourth-order valence-electron chi connectivity index (χ4n) is 2.98. The fourth-order valence-corrected chi connectivity index (χ4v) is 4.24. The maximum Gasteiger partial charge on any atom is 0.127 e. The van der Waals surface area contributed by atoms with Gasteiger partial charge in [-0.3, -0.25) is 0 Å². The molecule has 0 amide bonds. The Bertz CT molecular complexity index is 553. The van der Waals surface area contributed by atoms with E-state index in [0.717, 1.165) is 18.2 Å². The summed E-state index contributed by atoms with van der Waals surface area (Å²) in [6.07, 6.45) is 7.93. The van der Waals surface area contributed by atoms with Gasteiger partial charge in [0, 0.05) is 10.3 Å². The molecule has 0 aliphatic heterocycles. The predicted molar refractivity (Wildman–Crippen MR) is 77.4 cm³/mol. The van der Waals surface area contributed by atoms with E-state index in [0.29, 0.717) is 0 Å². The first kappa shape index (κ1) is 12.1. The third kappa shape index (κ3) is 2.16. The zero-order valence-electron chi connectivity index (χ0n) is 11.2. The molecule has 2 aromatic rings. The minimum Gasteiger partial charge on any atom is -0.238 e. The fraction of sp³-hybridized carbons (Fsp3) is 0.600. The Kier molecular flexibility index (Phi) is 3.33. The molecular formula is C15H20N2S. The van der Waals surface area contributed by atoms with Crippen LogP contribution in [0.5, 0.6) is 0 Å². The van der Waals surface area contributed by atoms with Crippen molar-refractivity contribution in [2.24, 2.45) is 0 Å². The van der Waals surface area contributed by atoms with Crippen LogP contribution in [0.25, 0.3) is 10.2 Å². The average Bonchev–Trinajstić information content (AvgIpc) is 2.82. The van der Waals surface area contributed by atoms with Crippen LogP contribution < -0.4 is 0 Å². The number of aryl methyl sites for hydroxylation is 2. The third-order valence-corrected chi connectivity index (χ3v) is 5.14. The molecule has 0 unspecified atom stereocenters. The maximum atomic E-state index is 4.61. The van der Waals surface area contributed by atoms with Gasteiger partial charge in [0.25, 0.3) is 0 Å². The second kappa shape index (κ2) is 4.96. The Labute approximate surface area is 112 Å². The van der Waals surface area contributed by atoms with Crippen molar-refractivity contribution >= 4 is 21.6 Å². The van der Waals surface area contributed by atoms with Crippen molar-refractivity contribution in [2.45, 2.75) is 58.3 Å². The summed E-state index contributed by atoms with van der Waals surface area (Å²) in [6, 6.07) is 2.37. The lowest BCUT2D eigenvalue weighted by Crippen LogP contribution is -2.02. The molecule has 2 aromatic heterocycles. The molecule has 0 bridgehead atoms. The molecule has 0 aromatic carbocycles. The molecule has 18 heavy (non-hydrogen) atoms. The third-order valence-electron chi connectivity index (χ3n) is 3.94. The molecule has 2 nitrogen and oxygen atoms in total. The van der Waals surface area contributed by atoms with Crippen molar-refractivity contribution < 1.29 is 0 Å². The van der Waals surface area contributed by atoms with Crippen molar-refractivity contribution in [2.75, 3.05) is 0 Å². The summed E-state index contributed by atoms with van der Waals surface area (Å²) < 4.78 is 0. The Morgan fingerprint density at radius 1 is 1.22 bits per heavy atom. The van der Waals surface area contributed by atoms with E-state index in [1.807, 2.05) is 18.3 Å². The van der Waals surface area contributed by atoms with E-state index >= 15 is 0 Å². The molecule has 0 saturated heterocycles. The van der Waals surface area contributed by atoms with Crippen molar-refractivity contribution in [3.63, 3.8) is 0 Å². The topological polar surface area (TPSA) is 25.8 Å². The number of hydrogen-bond donors (Lipinski definition) is 0. The standard InChI is InChI=1S/C15H20N2S/c1-3-13-12-9-14(11-7-5-4-6-8-11)18-15(12)17-10(2)16-13/h9,11H,3-8H2,1-2H3. The molecule has 0 radical (unpaired) electrons. The molecule has 96 valence electrons. The zero-order chi connectivity index (χ0) is 12.5. The van der Waals surface area contributed by atoms with Gasteiger partial charge in [0.05, 0.1) is 5.69 Å². The van der Waals surface area contributed by atoms with Crippen LogP contribution in [0.2, 0.25) is 0 Å². The van der Waals surface area contributed by atoms with Gasteiger partial charge in [0.1, 0.15) is 10.7 Å². The number of aromatic nitrogens is 2. The summed E-state index contributed by atoms with van der Waals surface area (Å²) in [6.45, 7) is 4.18. The van der Waals surface area contributed by atoms with Gasteiger partial charge in [0.15, 0.2) is 0 Å². The molecule has 1 fully saturated rings. The summed E-state index contributed by atoms with van der Waals surface area (Å²) in [4.78, 5) is 11.9. The monoisotopic (exact) mass is 260 g/mol. The molecule has 0 atom stereocenters. The number of thiophene rings is 1. The summed E-state index contributed by atoms with van der Waals surface area (Å²) in [7, 11) is 0. The quantitative estimate of drug-likeness (QED) is 0.788. The lowest BCUT2D eigenvalue weighted by Gasteiger charge is -2.19. The van der Waals surface area contributed by atoms with Crippen LogP contribution in [0.4, 0.5) is 0 Å². The van der Waals surface area contributed by atoms with Crippen LogP contribution in [0.15, 0.2) is 6.07 Å². The average molecular weight is 260 g/mol. The smallest absolute Gasteiger partial charge is 0.127 e. The Morgan fingerprint density at radius 2 is 2.00 bits per heavy atom. The molecule has 1 aliphatic rings. The van der Waals surface area contributed by atoms with Gasteiger partial charge in [-0.15, -0.1) is 11.3 Å². The number of rotatable bonds is 2. The van der Waals surface area contributed by atoms with Crippen LogP contribution in [-0.2, 0) is 6.42 Å². The molecule has 3 heteroatoms. The highest BCUT2D eigenvalue weighted by Crippen LogP contribution is 2.38. The summed E-state index contributed by atoms with van der Waals surface area (Å²) in [5, 5.41) is 1.30. The van der Waals surface area contributed by atoms with Crippen molar-refractivity contribution in [1.82, 2.24) is 9.97 Å². The van der Waals surface area contributed by atoms with Crippen molar-refractivity contribution in [3.05, 3.63) is 22.5 Å². The summed E-state index contributed by atoms with van der Waals surface area (Å²) in [5.74, 6) is 1.69. The van der Waals surface area contributed by atoms with E-state index in [1.165, 1.54) is 48.0 Å². The van der Waals surface area contributed by atoms with Gasteiger partial charge in [-0.2, -0.15) is 0 Å². The van der Waals surface area contributed by atoms with Gasteiger partial charge in [-0.05, 0) is 38.2 Å². The maximum absolute atomic E-state index is 4.61. The van der Waals surface area contributed by atoms with E-state index in [4.69, 9.17) is 0 Å². The first-order valence-corrected chi connectivity index (χ1v) is 7.86. The normalized spacial score (nSPS) is 17.4. The lowest BCUT2D eigenvalue weighted by molar-refractivity contribution is 0.448. The highest BCUT2D eigenvalue weighted by molar-refractivity contribution is 7.18. The van der Waals surface area contributed by atoms with Crippen LogP contribution in [0.1, 0.15) is 61.3 Å². The second-order valence-corrected chi connectivity index (χ2v) is 6.34. The molecule has 2 heterocycles. The highest BCUT2D eigenvalue weighted by atomic mass is 32.1. The van der Waals surface area contributed by atoms with Gasteiger partial charge in [0.2, 0.25) is 0 Å². The molecule has 0 spiro atoms. The van der Waals surface area contributed by atoms with Crippen LogP contribution >= 0.6 is 11.3 Å². The SMILES string of the molecule is CCc1nc(C)nc2sc(C3CCCCC3)cc12. The number of hydrogen-bond acceptors (Lipinski definition) is 3. The zero-order valence-corrected chi connectivity index (χ0v) is 12.0. The van der Waals surface area contributed by atoms with Crippen LogP contribution in [0, 0.1) is 6.92 Å². The van der Waals surface area contributed by atoms with E-state index < -0.39 is 0 Å². The Hall–Kier alpha value is -0.960. The van der Waals surface area contributed by atoms with Gasteiger partial charge < -0.3 is 0 Å². The van der Waals surface area contributed by atoms with E-state index in [2.05, 4.69) is 23.0 Å². The molecule has 0 N–H and O–H groups in total. The molecule has 3 rings (SSSR count). The Morgan fingerprint density at radius 3 is 2.72 bits per heavy atom. The predicted octanol–water partition coefficient (Wildman–Crippen LogP) is 4.61.